The Morgan fingerprint density at radius 3 is 2.36 bits per heavy atom. The Hall–Kier alpha value is -0.960. The summed E-state index contributed by atoms with van der Waals surface area (Å²) in [5, 5.41) is 0. The van der Waals surface area contributed by atoms with E-state index in [4.69, 9.17) is 5.73 Å². The minimum atomic E-state index is -2.32. The molecule has 1 rings (SSSR count). The molecule has 0 aliphatic carbocycles. The van der Waals surface area contributed by atoms with Crippen molar-refractivity contribution < 1.29 is 8.78 Å². The first-order chi connectivity index (χ1) is 6.41. The molecule has 0 aliphatic rings. The van der Waals surface area contributed by atoms with Crippen LogP contribution in [0.3, 0.4) is 0 Å². The van der Waals surface area contributed by atoms with Crippen molar-refractivity contribution in [3.05, 3.63) is 35.4 Å². The highest BCUT2D eigenvalue weighted by Crippen LogP contribution is 2.22. The first-order valence-corrected chi connectivity index (χ1v) is 4.56. The van der Waals surface area contributed by atoms with E-state index in [1.807, 2.05) is 19.9 Å². The smallest absolute Gasteiger partial charge is 0.242 e. The zero-order valence-electron chi connectivity index (χ0n) is 8.43. The van der Waals surface area contributed by atoms with Crippen molar-refractivity contribution in [1.82, 2.24) is 0 Å². The van der Waals surface area contributed by atoms with Crippen molar-refractivity contribution in [2.24, 2.45) is 5.73 Å². The summed E-state index contributed by atoms with van der Waals surface area (Å²) < 4.78 is 24.5. The van der Waals surface area contributed by atoms with Gasteiger partial charge in [-0.25, -0.2) is 8.78 Å². The van der Waals surface area contributed by atoms with Crippen molar-refractivity contribution >= 4 is 0 Å². The first-order valence-electron chi connectivity index (χ1n) is 4.56. The number of alkyl halides is 2. The Bertz CT molecular complexity index is 302. The SMILES string of the molecule is CC(C)(N)c1ccccc1CC(F)F. The van der Waals surface area contributed by atoms with Gasteiger partial charge in [-0.3, -0.25) is 0 Å². The van der Waals surface area contributed by atoms with E-state index in [0.29, 0.717) is 5.56 Å². The third-order valence-electron chi connectivity index (χ3n) is 2.09. The van der Waals surface area contributed by atoms with Crippen LogP contribution in [0.15, 0.2) is 24.3 Å². The quantitative estimate of drug-likeness (QED) is 0.795. The average molecular weight is 199 g/mol. The fraction of sp³-hybridized carbons (Fsp3) is 0.455. The molecule has 2 N–H and O–H groups in total. The van der Waals surface area contributed by atoms with Crippen LogP contribution >= 0.6 is 0 Å². The summed E-state index contributed by atoms with van der Waals surface area (Å²) in [6.07, 6.45) is -2.55. The van der Waals surface area contributed by atoms with Gasteiger partial charge in [-0.2, -0.15) is 0 Å². The lowest BCUT2D eigenvalue weighted by molar-refractivity contribution is 0.148. The van der Waals surface area contributed by atoms with Crippen LogP contribution in [-0.2, 0) is 12.0 Å². The molecule has 0 atom stereocenters. The Kier molecular flexibility index (Phi) is 3.21. The molecule has 0 fully saturated rings. The van der Waals surface area contributed by atoms with Crippen molar-refractivity contribution in [3.63, 3.8) is 0 Å². The Balaban J connectivity index is 3.04. The van der Waals surface area contributed by atoms with E-state index in [1.54, 1.807) is 18.2 Å². The number of hydrogen-bond acceptors (Lipinski definition) is 1. The van der Waals surface area contributed by atoms with E-state index in [-0.39, 0.29) is 6.42 Å². The minimum absolute atomic E-state index is 0.225. The first kappa shape index (κ1) is 11.1. The highest BCUT2D eigenvalue weighted by Gasteiger charge is 2.19. The third kappa shape index (κ3) is 2.77. The lowest BCUT2D eigenvalue weighted by Crippen LogP contribution is -2.30. The number of benzene rings is 1. The number of hydrogen-bond donors (Lipinski definition) is 1. The largest absolute Gasteiger partial charge is 0.322 e. The van der Waals surface area contributed by atoms with Gasteiger partial charge in [-0.05, 0) is 25.0 Å². The molecule has 0 heterocycles. The van der Waals surface area contributed by atoms with Crippen LogP contribution in [0.5, 0.6) is 0 Å². The van der Waals surface area contributed by atoms with E-state index in [0.717, 1.165) is 5.56 Å². The second kappa shape index (κ2) is 4.05. The van der Waals surface area contributed by atoms with Gasteiger partial charge in [0.1, 0.15) is 0 Å². The molecule has 0 aromatic heterocycles. The van der Waals surface area contributed by atoms with E-state index in [1.165, 1.54) is 0 Å². The molecule has 1 aromatic rings. The van der Waals surface area contributed by atoms with Gasteiger partial charge in [0.2, 0.25) is 6.43 Å². The van der Waals surface area contributed by atoms with Crippen LogP contribution in [0.4, 0.5) is 8.78 Å². The summed E-state index contributed by atoms with van der Waals surface area (Å²) in [5.74, 6) is 0. The van der Waals surface area contributed by atoms with Gasteiger partial charge in [0, 0.05) is 12.0 Å². The normalized spacial score (nSPS) is 12.1. The molecule has 0 saturated heterocycles. The Labute approximate surface area is 82.9 Å². The van der Waals surface area contributed by atoms with Gasteiger partial charge in [0.25, 0.3) is 0 Å². The van der Waals surface area contributed by atoms with E-state index >= 15 is 0 Å². The molecule has 0 saturated carbocycles. The molecular formula is C11H15F2N. The van der Waals surface area contributed by atoms with Gasteiger partial charge in [0.15, 0.2) is 0 Å². The maximum absolute atomic E-state index is 12.2. The predicted molar refractivity (Wildman–Crippen MR) is 53.4 cm³/mol. The summed E-state index contributed by atoms with van der Waals surface area (Å²) in [7, 11) is 0. The van der Waals surface area contributed by atoms with Crippen molar-refractivity contribution in [2.75, 3.05) is 0 Å². The fourth-order valence-electron chi connectivity index (χ4n) is 1.49. The zero-order valence-corrected chi connectivity index (χ0v) is 8.43. The molecule has 0 bridgehead atoms. The summed E-state index contributed by atoms with van der Waals surface area (Å²) in [4.78, 5) is 0. The second-order valence-corrected chi connectivity index (χ2v) is 3.97. The molecule has 0 unspecified atom stereocenters. The lowest BCUT2D eigenvalue weighted by atomic mass is 9.90. The molecule has 3 heteroatoms. The topological polar surface area (TPSA) is 26.0 Å². The van der Waals surface area contributed by atoms with E-state index < -0.39 is 12.0 Å². The van der Waals surface area contributed by atoms with E-state index in [2.05, 4.69) is 0 Å². The maximum atomic E-state index is 12.2. The van der Waals surface area contributed by atoms with Gasteiger partial charge in [0.05, 0.1) is 0 Å². The van der Waals surface area contributed by atoms with Crippen molar-refractivity contribution in [1.29, 1.82) is 0 Å². The van der Waals surface area contributed by atoms with Gasteiger partial charge in [-0.1, -0.05) is 24.3 Å². The highest BCUT2D eigenvalue weighted by atomic mass is 19.3. The van der Waals surface area contributed by atoms with Crippen LogP contribution in [0.25, 0.3) is 0 Å². The molecule has 0 amide bonds. The molecule has 0 aliphatic heterocycles. The summed E-state index contributed by atoms with van der Waals surface area (Å²) >= 11 is 0. The molecule has 1 aromatic carbocycles. The van der Waals surface area contributed by atoms with Gasteiger partial charge >= 0.3 is 0 Å². The minimum Gasteiger partial charge on any atom is -0.322 e. The maximum Gasteiger partial charge on any atom is 0.242 e. The van der Waals surface area contributed by atoms with Crippen LogP contribution in [0, 0.1) is 0 Å². The molecule has 1 nitrogen and oxygen atoms in total. The number of rotatable bonds is 3. The molecule has 0 spiro atoms. The summed E-state index contributed by atoms with van der Waals surface area (Å²) in [5.41, 5.74) is 6.75. The van der Waals surface area contributed by atoms with Crippen molar-refractivity contribution in [2.45, 2.75) is 32.2 Å². The fourth-order valence-corrected chi connectivity index (χ4v) is 1.49. The standard InChI is InChI=1S/C11H15F2N/c1-11(2,14)9-6-4-3-5-8(9)7-10(12)13/h3-6,10H,7,14H2,1-2H3. The lowest BCUT2D eigenvalue weighted by Gasteiger charge is -2.22. The summed E-state index contributed by atoms with van der Waals surface area (Å²) in [6.45, 7) is 3.63. The predicted octanol–water partition coefficient (Wildman–Crippen LogP) is 2.69. The molecular weight excluding hydrogens is 184 g/mol. The highest BCUT2D eigenvalue weighted by molar-refractivity contribution is 5.32. The van der Waals surface area contributed by atoms with Crippen molar-refractivity contribution in [3.8, 4) is 0 Å². The monoisotopic (exact) mass is 199 g/mol. The Morgan fingerprint density at radius 1 is 1.29 bits per heavy atom. The number of nitrogens with two attached hydrogens (primary N) is 1. The average Bonchev–Trinajstić information content (AvgIpc) is 2.01. The van der Waals surface area contributed by atoms with Crippen LogP contribution in [-0.4, -0.2) is 6.43 Å². The molecule has 0 radical (unpaired) electrons. The van der Waals surface area contributed by atoms with Gasteiger partial charge < -0.3 is 5.73 Å². The van der Waals surface area contributed by atoms with Crippen LogP contribution < -0.4 is 5.73 Å². The Morgan fingerprint density at radius 2 is 1.86 bits per heavy atom. The number of halogens is 2. The second-order valence-electron chi connectivity index (χ2n) is 3.97. The molecule has 14 heavy (non-hydrogen) atoms. The zero-order chi connectivity index (χ0) is 10.8. The van der Waals surface area contributed by atoms with Crippen LogP contribution in [0.2, 0.25) is 0 Å². The van der Waals surface area contributed by atoms with Gasteiger partial charge in [-0.15, -0.1) is 0 Å². The van der Waals surface area contributed by atoms with E-state index in [9.17, 15) is 8.78 Å². The third-order valence-corrected chi connectivity index (χ3v) is 2.09. The molecule has 78 valence electrons. The summed E-state index contributed by atoms with van der Waals surface area (Å²) in [6, 6.07) is 7.08. The van der Waals surface area contributed by atoms with Crippen LogP contribution in [0.1, 0.15) is 25.0 Å².